The highest BCUT2D eigenvalue weighted by Gasteiger charge is 2.08. The Balaban J connectivity index is 2.66. The fourth-order valence-corrected chi connectivity index (χ4v) is 2.03. The maximum atomic E-state index is 5.61. The normalized spacial score (nSPS) is 10.9. The number of nitrogens with two attached hydrogens (primary N) is 1. The molecule has 0 saturated heterocycles. The predicted molar refractivity (Wildman–Crippen MR) is 65.1 cm³/mol. The van der Waals surface area contributed by atoms with Crippen molar-refractivity contribution in [2.45, 2.75) is 6.54 Å². The molecule has 0 spiro atoms. The smallest absolute Gasteiger partial charge is 0.132 e. The van der Waals surface area contributed by atoms with Crippen LogP contribution in [0.3, 0.4) is 0 Å². The Labute approximate surface area is 96.8 Å². The van der Waals surface area contributed by atoms with Gasteiger partial charge in [0.15, 0.2) is 0 Å². The van der Waals surface area contributed by atoms with E-state index in [2.05, 4.69) is 31.9 Å². The van der Waals surface area contributed by atoms with Crippen molar-refractivity contribution in [3.63, 3.8) is 0 Å². The third-order valence-electron chi connectivity index (χ3n) is 2.35. The van der Waals surface area contributed by atoms with Gasteiger partial charge in [0.2, 0.25) is 0 Å². The van der Waals surface area contributed by atoms with Gasteiger partial charge in [-0.3, -0.25) is 0 Å². The molecular formula is C10H13BrN4. The lowest BCUT2D eigenvalue weighted by atomic mass is 10.3. The fourth-order valence-electron chi connectivity index (χ4n) is 1.52. The van der Waals surface area contributed by atoms with Crippen molar-refractivity contribution in [1.82, 2.24) is 9.38 Å². The summed E-state index contributed by atoms with van der Waals surface area (Å²) in [7, 11) is 4.03. The molecular weight excluding hydrogens is 256 g/mol. The van der Waals surface area contributed by atoms with Gasteiger partial charge in [0.1, 0.15) is 10.4 Å². The van der Waals surface area contributed by atoms with Crippen molar-refractivity contribution in [1.29, 1.82) is 0 Å². The minimum atomic E-state index is 0.439. The Bertz CT molecular complexity index is 489. The molecule has 15 heavy (non-hydrogen) atoms. The SMILES string of the molecule is CN(C)c1ccn2c(CN)nc(Br)c2c1. The molecule has 0 unspecified atom stereocenters. The topological polar surface area (TPSA) is 46.6 Å². The molecule has 2 N–H and O–H groups in total. The number of hydrogen-bond donors (Lipinski definition) is 1. The van der Waals surface area contributed by atoms with Crippen molar-refractivity contribution in [2.75, 3.05) is 19.0 Å². The van der Waals surface area contributed by atoms with Crippen molar-refractivity contribution in [3.05, 3.63) is 28.8 Å². The molecule has 0 aliphatic carbocycles. The van der Waals surface area contributed by atoms with Crippen molar-refractivity contribution >= 4 is 27.1 Å². The van der Waals surface area contributed by atoms with Crippen LogP contribution in [-0.2, 0) is 6.54 Å². The van der Waals surface area contributed by atoms with Crippen LogP contribution in [0.2, 0.25) is 0 Å². The van der Waals surface area contributed by atoms with Crippen LogP contribution >= 0.6 is 15.9 Å². The van der Waals surface area contributed by atoms with Crippen LogP contribution in [0, 0.1) is 0 Å². The van der Waals surface area contributed by atoms with Gasteiger partial charge in [0.05, 0.1) is 12.1 Å². The number of hydrogen-bond acceptors (Lipinski definition) is 3. The molecule has 0 amide bonds. The highest BCUT2D eigenvalue weighted by molar-refractivity contribution is 9.10. The van der Waals surface area contributed by atoms with Crippen LogP contribution in [-0.4, -0.2) is 23.5 Å². The van der Waals surface area contributed by atoms with E-state index in [-0.39, 0.29) is 0 Å². The Morgan fingerprint density at radius 3 is 2.87 bits per heavy atom. The second kappa shape index (κ2) is 3.83. The van der Waals surface area contributed by atoms with E-state index in [0.29, 0.717) is 6.54 Å². The fraction of sp³-hybridized carbons (Fsp3) is 0.300. The Morgan fingerprint density at radius 2 is 2.27 bits per heavy atom. The van der Waals surface area contributed by atoms with E-state index in [4.69, 9.17) is 5.73 Å². The van der Waals surface area contributed by atoms with Crippen LogP contribution in [0.1, 0.15) is 5.82 Å². The number of aromatic nitrogens is 2. The Kier molecular flexibility index (Phi) is 2.67. The molecule has 0 aliphatic rings. The predicted octanol–water partition coefficient (Wildman–Crippen LogP) is 1.62. The zero-order valence-corrected chi connectivity index (χ0v) is 10.3. The van der Waals surface area contributed by atoms with E-state index in [1.54, 1.807) is 0 Å². The van der Waals surface area contributed by atoms with E-state index in [1.807, 2.05) is 30.8 Å². The summed E-state index contributed by atoms with van der Waals surface area (Å²) < 4.78 is 2.84. The van der Waals surface area contributed by atoms with Crippen LogP contribution < -0.4 is 10.6 Å². The molecule has 0 aromatic carbocycles. The van der Waals surface area contributed by atoms with Gasteiger partial charge in [0, 0.05) is 26.0 Å². The number of pyridine rings is 1. The van der Waals surface area contributed by atoms with E-state index in [0.717, 1.165) is 21.6 Å². The van der Waals surface area contributed by atoms with Crippen LogP contribution in [0.15, 0.2) is 22.9 Å². The number of anilines is 1. The standard InChI is InChI=1S/C10H13BrN4/c1-14(2)7-3-4-15-8(5-7)10(11)13-9(15)6-12/h3-5H,6,12H2,1-2H3. The molecule has 80 valence electrons. The molecule has 2 aromatic rings. The summed E-state index contributed by atoms with van der Waals surface area (Å²) in [6.07, 6.45) is 1.99. The number of fused-ring (bicyclic) bond motifs is 1. The van der Waals surface area contributed by atoms with E-state index in [9.17, 15) is 0 Å². The highest BCUT2D eigenvalue weighted by Crippen LogP contribution is 2.23. The molecule has 0 bridgehead atoms. The summed E-state index contributed by atoms with van der Waals surface area (Å²) in [6, 6.07) is 4.12. The summed E-state index contributed by atoms with van der Waals surface area (Å²) in [5.41, 5.74) is 7.80. The van der Waals surface area contributed by atoms with Gasteiger partial charge in [-0.2, -0.15) is 0 Å². The molecule has 0 aliphatic heterocycles. The lowest BCUT2D eigenvalue weighted by molar-refractivity contribution is 0.900. The van der Waals surface area contributed by atoms with Crippen LogP contribution in [0.4, 0.5) is 5.69 Å². The maximum absolute atomic E-state index is 5.61. The van der Waals surface area contributed by atoms with Crippen molar-refractivity contribution in [2.24, 2.45) is 5.73 Å². The largest absolute Gasteiger partial charge is 0.378 e. The Morgan fingerprint density at radius 1 is 1.53 bits per heavy atom. The average molecular weight is 269 g/mol. The van der Waals surface area contributed by atoms with Crippen LogP contribution in [0.5, 0.6) is 0 Å². The summed E-state index contributed by atoms with van der Waals surface area (Å²) in [5, 5.41) is 0. The second-order valence-corrected chi connectivity index (χ2v) is 4.31. The summed E-state index contributed by atoms with van der Waals surface area (Å²) in [5.74, 6) is 0.863. The first kappa shape index (κ1) is 10.4. The molecule has 2 heterocycles. The molecule has 0 radical (unpaired) electrons. The van der Waals surface area contributed by atoms with Gasteiger partial charge < -0.3 is 15.0 Å². The molecule has 0 atom stereocenters. The van der Waals surface area contributed by atoms with Gasteiger partial charge >= 0.3 is 0 Å². The first-order valence-corrected chi connectivity index (χ1v) is 5.46. The lowest BCUT2D eigenvalue weighted by Gasteiger charge is -2.12. The van der Waals surface area contributed by atoms with Gasteiger partial charge in [-0.1, -0.05) is 0 Å². The zero-order valence-electron chi connectivity index (χ0n) is 8.74. The van der Waals surface area contributed by atoms with E-state index < -0.39 is 0 Å². The van der Waals surface area contributed by atoms with Gasteiger partial charge in [-0.05, 0) is 28.1 Å². The summed E-state index contributed by atoms with van der Waals surface area (Å²) in [6.45, 7) is 0.439. The number of rotatable bonds is 2. The first-order chi connectivity index (χ1) is 7.13. The third-order valence-corrected chi connectivity index (χ3v) is 2.94. The monoisotopic (exact) mass is 268 g/mol. The minimum absolute atomic E-state index is 0.439. The molecule has 5 heteroatoms. The second-order valence-electron chi connectivity index (χ2n) is 3.56. The maximum Gasteiger partial charge on any atom is 0.132 e. The Hall–Kier alpha value is -1.07. The van der Waals surface area contributed by atoms with Gasteiger partial charge in [0.25, 0.3) is 0 Å². The summed E-state index contributed by atoms with van der Waals surface area (Å²) >= 11 is 3.44. The molecule has 0 saturated carbocycles. The van der Waals surface area contributed by atoms with Crippen molar-refractivity contribution in [3.8, 4) is 0 Å². The third kappa shape index (κ3) is 1.72. The molecule has 2 rings (SSSR count). The van der Waals surface area contributed by atoms with Crippen molar-refractivity contribution < 1.29 is 0 Å². The van der Waals surface area contributed by atoms with E-state index in [1.165, 1.54) is 0 Å². The quantitative estimate of drug-likeness (QED) is 0.901. The van der Waals surface area contributed by atoms with Crippen LogP contribution in [0.25, 0.3) is 5.52 Å². The zero-order chi connectivity index (χ0) is 11.0. The number of halogens is 1. The minimum Gasteiger partial charge on any atom is -0.378 e. The molecule has 0 fully saturated rings. The lowest BCUT2D eigenvalue weighted by Crippen LogP contribution is -2.09. The molecule has 2 aromatic heterocycles. The van der Waals surface area contributed by atoms with Gasteiger partial charge in [-0.25, -0.2) is 4.98 Å². The van der Waals surface area contributed by atoms with Gasteiger partial charge in [-0.15, -0.1) is 0 Å². The molecule has 4 nitrogen and oxygen atoms in total. The number of imidazole rings is 1. The first-order valence-electron chi connectivity index (χ1n) is 4.67. The number of nitrogens with zero attached hydrogens (tertiary/aromatic N) is 3. The average Bonchev–Trinajstić information content (AvgIpc) is 2.55. The summed E-state index contributed by atoms with van der Waals surface area (Å²) in [4.78, 5) is 6.40. The van der Waals surface area contributed by atoms with E-state index >= 15 is 0 Å². The highest BCUT2D eigenvalue weighted by atomic mass is 79.9.